The monoisotopic (exact) mass is 333 g/mol. The van der Waals surface area contributed by atoms with Crippen LogP contribution in [-0.2, 0) is 4.79 Å². The predicted octanol–water partition coefficient (Wildman–Crippen LogP) is 3.05. The second-order valence-corrected chi connectivity index (χ2v) is 7.54. The van der Waals surface area contributed by atoms with Crippen molar-refractivity contribution >= 4 is 17.3 Å². The van der Waals surface area contributed by atoms with Crippen LogP contribution in [0.2, 0.25) is 0 Å². The van der Waals surface area contributed by atoms with E-state index in [-0.39, 0.29) is 12.0 Å². The number of fused-ring (bicyclic) bond motifs is 1. The quantitative estimate of drug-likeness (QED) is 0.926. The molecule has 6 nitrogen and oxygen atoms in total. The minimum atomic E-state index is -0.653. The van der Waals surface area contributed by atoms with Crippen LogP contribution in [0.15, 0.2) is 22.0 Å². The van der Waals surface area contributed by atoms with Crippen molar-refractivity contribution < 1.29 is 14.4 Å². The number of carboxylic acid groups (broad SMARTS) is 1. The van der Waals surface area contributed by atoms with E-state index < -0.39 is 11.4 Å². The molecule has 0 aromatic carbocycles. The molecule has 0 radical (unpaired) electrons. The average Bonchev–Trinajstić information content (AvgIpc) is 3.27. The van der Waals surface area contributed by atoms with E-state index in [9.17, 15) is 9.90 Å². The fourth-order valence-corrected chi connectivity index (χ4v) is 4.69. The molecule has 2 aromatic rings. The SMILES string of the molecule is CC(c1nc(-c2cccs2)no1)N1C[C@@H]2CCC[C@@]2(C(=O)O)C1. The molecular formula is C16H19N3O3S. The van der Waals surface area contributed by atoms with Crippen LogP contribution in [0.1, 0.15) is 38.1 Å². The minimum absolute atomic E-state index is 0.0574. The lowest BCUT2D eigenvalue weighted by Gasteiger charge is -2.25. The van der Waals surface area contributed by atoms with Gasteiger partial charge in [0, 0.05) is 13.1 Å². The Labute approximate surface area is 138 Å². The largest absolute Gasteiger partial charge is 0.481 e. The van der Waals surface area contributed by atoms with Gasteiger partial charge in [0.1, 0.15) is 0 Å². The van der Waals surface area contributed by atoms with E-state index in [0.717, 1.165) is 30.7 Å². The number of hydrogen-bond donors (Lipinski definition) is 1. The van der Waals surface area contributed by atoms with E-state index in [4.69, 9.17) is 4.52 Å². The first-order valence-electron chi connectivity index (χ1n) is 7.95. The topological polar surface area (TPSA) is 79.5 Å². The number of hydrogen-bond acceptors (Lipinski definition) is 6. The number of aliphatic carboxylic acids is 1. The number of nitrogens with zero attached hydrogens (tertiary/aromatic N) is 3. The summed E-state index contributed by atoms with van der Waals surface area (Å²) in [6.45, 7) is 3.39. The molecule has 1 N–H and O–H groups in total. The number of carbonyl (C=O) groups is 1. The maximum Gasteiger partial charge on any atom is 0.311 e. The molecule has 1 saturated heterocycles. The molecule has 0 amide bonds. The molecule has 2 fully saturated rings. The number of thiophene rings is 1. The minimum Gasteiger partial charge on any atom is -0.481 e. The van der Waals surface area contributed by atoms with Gasteiger partial charge in [-0.1, -0.05) is 17.6 Å². The van der Waals surface area contributed by atoms with Gasteiger partial charge in [0.2, 0.25) is 11.7 Å². The van der Waals surface area contributed by atoms with Gasteiger partial charge in [0.25, 0.3) is 0 Å². The zero-order chi connectivity index (χ0) is 16.0. The van der Waals surface area contributed by atoms with E-state index in [1.54, 1.807) is 11.3 Å². The van der Waals surface area contributed by atoms with Gasteiger partial charge < -0.3 is 9.63 Å². The van der Waals surface area contributed by atoms with Crippen molar-refractivity contribution in [3.8, 4) is 10.7 Å². The van der Waals surface area contributed by atoms with Crippen LogP contribution in [0.5, 0.6) is 0 Å². The third-order valence-electron chi connectivity index (χ3n) is 5.41. The van der Waals surface area contributed by atoms with Crippen LogP contribution in [0, 0.1) is 11.3 Å². The van der Waals surface area contributed by atoms with Gasteiger partial charge in [0.15, 0.2) is 0 Å². The van der Waals surface area contributed by atoms with Crippen LogP contribution in [-0.4, -0.2) is 39.2 Å². The smallest absolute Gasteiger partial charge is 0.311 e. The molecule has 7 heteroatoms. The first-order valence-corrected chi connectivity index (χ1v) is 8.83. The standard InChI is InChI=1S/C16H19N3O3S/c1-10(14-17-13(18-22-14)12-5-3-7-23-12)19-8-11-4-2-6-16(11,9-19)15(20)21/h3,5,7,10-11H,2,4,6,8-9H2,1H3,(H,20,21)/t10?,11-,16+/m0/s1. The van der Waals surface area contributed by atoms with E-state index in [2.05, 4.69) is 15.0 Å². The Morgan fingerprint density at radius 1 is 1.61 bits per heavy atom. The highest BCUT2D eigenvalue weighted by Crippen LogP contribution is 2.50. The van der Waals surface area contributed by atoms with E-state index >= 15 is 0 Å². The van der Waals surface area contributed by atoms with E-state index in [1.165, 1.54) is 0 Å². The van der Waals surface area contributed by atoms with Gasteiger partial charge in [-0.05, 0) is 37.1 Å². The Balaban J connectivity index is 1.54. The lowest BCUT2D eigenvalue weighted by molar-refractivity contribution is -0.149. The third kappa shape index (κ3) is 2.30. The highest BCUT2D eigenvalue weighted by molar-refractivity contribution is 7.13. The van der Waals surface area contributed by atoms with Gasteiger partial charge in [-0.15, -0.1) is 11.3 Å². The summed E-state index contributed by atoms with van der Waals surface area (Å²) < 4.78 is 5.43. The molecule has 0 bridgehead atoms. The van der Waals surface area contributed by atoms with Gasteiger partial charge in [-0.2, -0.15) is 4.98 Å². The highest BCUT2D eigenvalue weighted by atomic mass is 32.1. The van der Waals surface area contributed by atoms with Gasteiger partial charge in [0.05, 0.1) is 16.3 Å². The van der Waals surface area contributed by atoms with E-state index in [1.807, 2.05) is 24.4 Å². The van der Waals surface area contributed by atoms with E-state index in [0.29, 0.717) is 18.3 Å². The molecule has 122 valence electrons. The Morgan fingerprint density at radius 2 is 2.48 bits per heavy atom. The lowest BCUT2D eigenvalue weighted by Crippen LogP contribution is -2.36. The van der Waals surface area contributed by atoms with Crippen molar-refractivity contribution in [1.29, 1.82) is 0 Å². The van der Waals surface area contributed by atoms with Gasteiger partial charge in [-0.25, -0.2) is 0 Å². The first-order chi connectivity index (χ1) is 11.1. The normalized spacial score (nSPS) is 28.8. The Kier molecular flexibility index (Phi) is 3.50. The van der Waals surface area contributed by atoms with Crippen molar-refractivity contribution in [2.45, 2.75) is 32.2 Å². The molecule has 1 unspecified atom stereocenters. The fourth-order valence-electron chi connectivity index (χ4n) is 4.04. The van der Waals surface area contributed by atoms with Crippen molar-refractivity contribution in [3.63, 3.8) is 0 Å². The number of carboxylic acids is 1. The summed E-state index contributed by atoms with van der Waals surface area (Å²) in [4.78, 5) is 19.5. The number of likely N-dealkylation sites (tertiary alicyclic amines) is 1. The average molecular weight is 333 g/mol. The van der Waals surface area contributed by atoms with Crippen molar-refractivity contribution in [2.75, 3.05) is 13.1 Å². The van der Waals surface area contributed by atoms with Crippen LogP contribution in [0.25, 0.3) is 10.7 Å². The van der Waals surface area contributed by atoms with Gasteiger partial charge in [-0.3, -0.25) is 9.69 Å². The molecular weight excluding hydrogens is 314 g/mol. The fraction of sp³-hybridized carbons (Fsp3) is 0.562. The zero-order valence-corrected chi connectivity index (χ0v) is 13.8. The summed E-state index contributed by atoms with van der Waals surface area (Å²) in [6, 6.07) is 3.86. The van der Waals surface area contributed by atoms with Crippen LogP contribution in [0.4, 0.5) is 0 Å². The summed E-state index contributed by atoms with van der Waals surface area (Å²) in [5.41, 5.74) is -0.579. The Bertz CT molecular complexity index is 714. The Hall–Kier alpha value is -1.73. The predicted molar refractivity (Wildman–Crippen MR) is 85.0 cm³/mol. The maximum absolute atomic E-state index is 11.8. The molecule has 1 saturated carbocycles. The van der Waals surface area contributed by atoms with Crippen molar-refractivity contribution in [3.05, 3.63) is 23.4 Å². The second-order valence-electron chi connectivity index (χ2n) is 6.59. The van der Waals surface area contributed by atoms with Crippen LogP contribution >= 0.6 is 11.3 Å². The molecule has 0 spiro atoms. The molecule has 1 aliphatic heterocycles. The molecule has 2 aromatic heterocycles. The summed E-state index contributed by atoms with van der Waals surface area (Å²) >= 11 is 1.57. The van der Waals surface area contributed by atoms with Gasteiger partial charge >= 0.3 is 5.97 Å². The van der Waals surface area contributed by atoms with Crippen molar-refractivity contribution in [2.24, 2.45) is 11.3 Å². The second kappa shape index (κ2) is 5.42. The maximum atomic E-state index is 11.8. The number of rotatable bonds is 4. The molecule has 3 heterocycles. The van der Waals surface area contributed by atoms with Crippen molar-refractivity contribution in [1.82, 2.24) is 15.0 Å². The highest BCUT2D eigenvalue weighted by Gasteiger charge is 2.55. The third-order valence-corrected chi connectivity index (χ3v) is 6.28. The molecule has 3 atom stereocenters. The number of aromatic nitrogens is 2. The first kappa shape index (κ1) is 14.8. The molecule has 23 heavy (non-hydrogen) atoms. The summed E-state index contributed by atoms with van der Waals surface area (Å²) in [6.07, 6.45) is 2.79. The summed E-state index contributed by atoms with van der Waals surface area (Å²) in [5.74, 6) is 0.754. The zero-order valence-electron chi connectivity index (χ0n) is 12.9. The summed E-state index contributed by atoms with van der Waals surface area (Å²) in [5, 5.41) is 15.7. The van der Waals surface area contributed by atoms with Crippen LogP contribution < -0.4 is 0 Å². The van der Waals surface area contributed by atoms with Crippen LogP contribution in [0.3, 0.4) is 0 Å². The molecule has 2 aliphatic rings. The Morgan fingerprint density at radius 3 is 3.17 bits per heavy atom. The lowest BCUT2D eigenvalue weighted by atomic mass is 9.81. The molecule has 4 rings (SSSR count). The summed E-state index contributed by atoms with van der Waals surface area (Å²) in [7, 11) is 0. The molecule has 1 aliphatic carbocycles.